The van der Waals surface area contributed by atoms with Gasteiger partial charge in [0, 0.05) is 12.6 Å². The molecule has 0 bridgehead atoms. The first-order valence-corrected chi connectivity index (χ1v) is 7.91. The minimum absolute atomic E-state index is 0.267. The van der Waals surface area contributed by atoms with Gasteiger partial charge in [-0.1, -0.05) is 26.0 Å². The summed E-state index contributed by atoms with van der Waals surface area (Å²) in [4.78, 5) is 0. The van der Waals surface area contributed by atoms with Gasteiger partial charge in [-0.05, 0) is 49.9 Å². The Morgan fingerprint density at radius 2 is 2.25 bits per heavy atom. The Hall–Kier alpha value is -1.06. The molecule has 1 saturated heterocycles. The van der Waals surface area contributed by atoms with Crippen molar-refractivity contribution in [2.45, 2.75) is 51.7 Å². The zero-order valence-corrected chi connectivity index (χ0v) is 12.7. The number of benzene rings is 1. The van der Waals surface area contributed by atoms with Crippen LogP contribution < -0.4 is 10.1 Å². The summed E-state index contributed by atoms with van der Waals surface area (Å²) in [6, 6.07) is 8.84. The minimum atomic E-state index is 0.267. The molecule has 0 radical (unpaired) electrons. The molecule has 20 heavy (non-hydrogen) atoms. The maximum atomic E-state index is 5.91. The second kappa shape index (κ2) is 8.28. The van der Waals surface area contributed by atoms with Crippen molar-refractivity contribution in [3.8, 4) is 5.75 Å². The van der Waals surface area contributed by atoms with Gasteiger partial charge in [0.15, 0.2) is 0 Å². The average molecular weight is 277 g/mol. The van der Waals surface area contributed by atoms with E-state index >= 15 is 0 Å². The van der Waals surface area contributed by atoms with Gasteiger partial charge in [-0.3, -0.25) is 0 Å². The summed E-state index contributed by atoms with van der Waals surface area (Å²) in [6.45, 7) is 6.88. The monoisotopic (exact) mass is 277 g/mol. The van der Waals surface area contributed by atoms with E-state index in [4.69, 9.17) is 9.47 Å². The van der Waals surface area contributed by atoms with Crippen LogP contribution in [0.2, 0.25) is 0 Å². The molecule has 2 atom stereocenters. The van der Waals surface area contributed by atoms with Gasteiger partial charge >= 0.3 is 0 Å². The molecule has 2 rings (SSSR count). The van der Waals surface area contributed by atoms with Crippen molar-refractivity contribution in [1.29, 1.82) is 0 Å². The van der Waals surface area contributed by atoms with Crippen LogP contribution in [0, 0.1) is 0 Å². The molecule has 0 amide bonds. The quantitative estimate of drug-likeness (QED) is 0.824. The summed E-state index contributed by atoms with van der Waals surface area (Å²) in [5.74, 6) is 0.952. The molecule has 3 heteroatoms. The van der Waals surface area contributed by atoms with Gasteiger partial charge in [0.2, 0.25) is 0 Å². The van der Waals surface area contributed by atoms with E-state index in [1.165, 1.54) is 18.4 Å². The summed E-state index contributed by atoms with van der Waals surface area (Å²) >= 11 is 0. The number of ether oxygens (including phenoxy) is 2. The lowest BCUT2D eigenvalue weighted by Crippen LogP contribution is -2.25. The molecule has 1 aromatic carbocycles. The van der Waals surface area contributed by atoms with Crippen LogP contribution in [0.15, 0.2) is 24.3 Å². The van der Waals surface area contributed by atoms with Crippen molar-refractivity contribution in [3.63, 3.8) is 0 Å². The van der Waals surface area contributed by atoms with Gasteiger partial charge in [0.25, 0.3) is 0 Å². The van der Waals surface area contributed by atoms with Crippen LogP contribution >= 0.6 is 0 Å². The number of rotatable bonds is 7. The van der Waals surface area contributed by atoms with Gasteiger partial charge in [0.1, 0.15) is 12.4 Å². The molecule has 3 nitrogen and oxygen atoms in total. The summed E-state index contributed by atoms with van der Waals surface area (Å²) in [6.07, 6.45) is 4.92. The molecular weight excluding hydrogens is 250 g/mol. The van der Waals surface area contributed by atoms with Crippen LogP contribution in [0.5, 0.6) is 5.75 Å². The van der Waals surface area contributed by atoms with E-state index in [1.807, 2.05) is 6.07 Å². The fourth-order valence-corrected chi connectivity index (χ4v) is 2.69. The van der Waals surface area contributed by atoms with Crippen molar-refractivity contribution in [2.75, 3.05) is 19.8 Å². The van der Waals surface area contributed by atoms with E-state index in [-0.39, 0.29) is 6.10 Å². The van der Waals surface area contributed by atoms with Gasteiger partial charge in [-0.25, -0.2) is 0 Å². The molecule has 0 spiro atoms. The van der Waals surface area contributed by atoms with Crippen LogP contribution in [-0.4, -0.2) is 25.9 Å². The third-order valence-corrected chi connectivity index (χ3v) is 3.83. The fraction of sp³-hybridized carbons (Fsp3) is 0.647. The maximum absolute atomic E-state index is 5.91. The zero-order valence-electron chi connectivity index (χ0n) is 12.7. The molecule has 1 heterocycles. The van der Waals surface area contributed by atoms with E-state index in [1.54, 1.807) is 0 Å². The summed E-state index contributed by atoms with van der Waals surface area (Å²) < 4.78 is 11.6. The minimum Gasteiger partial charge on any atom is -0.491 e. The van der Waals surface area contributed by atoms with Gasteiger partial charge < -0.3 is 14.8 Å². The Morgan fingerprint density at radius 3 is 2.95 bits per heavy atom. The third kappa shape index (κ3) is 4.50. The fourth-order valence-electron chi connectivity index (χ4n) is 2.69. The molecule has 1 aromatic rings. The molecular formula is C17H27NO2. The van der Waals surface area contributed by atoms with Crippen LogP contribution in [0.4, 0.5) is 0 Å². The maximum Gasteiger partial charge on any atom is 0.119 e. The second-order valence-corrected chi connectivity index (χ2v) is 5.39. The third-order valence-electron chi connectivity index (χ3n) is 3.83. The topological polar surface area (TPSA) is 30.5 Å². The highest BCUT2D eigenvalue weighted by atomic mass is 16.5. The summed E-state index contributed by atoms with van der Waals surface area (Å²) in [7, 11) is 0. The predicted molar refractivity (Wildman–Crippen MR) is 82.2 cm³/mol. The lowest BCUT2D eigenvalue weighted by atomic mass is 10.0. The van der Waals surface area contributed by atoms with Crippen LogP contribution in [0.3, 0.4) is 0 Å². The standard InChI is InChI=1S/C17H27NO2/c1-3-17(18-4-2)14-8-7-10-15(12-14)20-13-16-9-5-6-11-19-16/h7-8,10,12,16-18H,3-6,9,11,13H2,1-2H3. The van der Waals surface area contributed by atoms with Gasteiger partial charge in [-0.2, -0.15) is 0 Å². The molecule has 0 aromatic heterocycles. The van der Waals surface area contributed by atoms with Crippen molar-refractivity contribution in [2.24, 2.45) is 0 Å². The lowest BCUT2D eigenvalue weighted by molar-refractivity contribution is -0.0110. The highest BCUT2D eigenvalue weighted by Crippen LogP contribution is 2.22. The first kappa shape index (κ1) is 15.3. The number of hydrogen-bond acceptors (Lipinski definition) is 3. The molecule has 1 N–H and O–H groups in total. The molecule has 0 saturated carbocycles. The van der Waals surface area contributed by atoms with Crippen LogP contribution in [0.25, 0.3) is 0 Å². The van der Waals surface area contributed by atoms with Gasteiger partial charge in [0.05, 0.1) is 6.10 Å². The van der Waals surface area contributed by atoms with E-state index in [0.29, 0.717) is 12.6 Å². The van der Waals surface area contributed by atoms with Gasteiger partial charge in [-0.15, -0.1) is 0 Å². The summed E-state index contributed by atoms with van der Waals surface area (Å²) in [5, 5.41) is 3.50. The van der Waals surface area contributed by atoms with E-state index in [2.05, 4.69) is 37.4 Å². The van der Waals surface area contributed by atoms with E-state index in [0.717, 1.165) is 31.7 Å². The molecule has 0 aliphatic carbocycles. The Labute approximate surface area is 122 Å². The normalized spacial score (nSPS) is 20.6. The number of nitrogens with one attached hydrogen (secondary N) is 1. The van der Waals surface area contributed by atoms with Crippen LogP contribution in [0.1, 0.15) is 51.1 Å². The molecule has 1 aliphatic heterocycles. The Morgan fingerprint density at radius 1 is 1.35 bits per heavy atom. The van der Waals surface area contributed by atoms with Crippen molar-refractivity contribution >= 4 is 0 Å². The van der Waals surface area contributed by atoms with Crippen LogP contribution in [-0.2, 0) is 4.74 Å². The van der Waals surface area contributed by atoms with Crippen molar-refractivity contribution in [3.05, 3.63) is 29.8 Å². The Bertz CT molecular complexity index is 388. The largest absolute Gasteiger partial charge is 0.491 e. The highest BCUT2D eigenvalue weighted by molar-refractivity contribution is 5.30. The molecule has 2 unspecified atom stereocenters. The first-order valence-electron chi connectivity index (χ1n) is 7.91. The molecule has 112 valence electrons. The predicted octanol–water partition coefficient (Wildman–Crippen LogP) is 3.70. The van der Waals surface area contributed by atoms with Crippen molar-refractivity contribution < 1.29 is 9.47 Å². The smallest absolute Gasteiger partial charge is 0.119 e. The molecule has 1 aliphatic rings. The summed E-state index contributed by atoms with van der Waals surface area (Å²) in [5.41, 5.74) is 1.30. The van der Waals surface area contributed by atoms with Crippen molar-refractivity contribution in [1.82, 2.24) is 5.32 Å². The zero-order chi connectivity index (χ0) is 14.2. The number of hydrogen-bond donors (Lipinski definition) is 1. The van der Waals surface area contributed by atoms with E-state index < -0.39 is 0 Å². The Kier molecular flexibility index (Phi) is 6.34. The Balaban J connectivity index is 1.91. The second-order valence-electron chi connectivity index (χ2n) is 5.39. The van der Waals surface area contributed by atoms with E-state index in [9.17, 15) is 0 Å². The average Bonchev–Trinajstić information content (AvgIpc) is 2.52. The first-order chi connectivity index (χ1) is 9.83. The lowest BCUT2D eigenvalue weighted by Gasteiger charge is -2.23. The SMILES string of the molecule is CCNC(CC)c1cccc(OCC2CCCCO2)c1. The molecule has 1 fully saturated rings. The highest BCUT2D eigenvalue weighted by Gasteiger charge is 2.15.